The van der Waals surface area contributed by atoms with Crippen molar-refractivity contribution in [2.75, 3.05) is 6.61 Å². The fraction of sp³-hybridized carbons (Fsp3) is 0.389. The highest BCUT2D eigenvalue weighted by Crippen LogP contribution is 2.22. The molecular weight excluding hydrogens is 278 g/mol. The summed E-state index contributed by atoms with van der Waals surface area (Å²) in [5.41, 5.74) is 2.77. The van der Waals surface area contributed by atoms with E-state index in [9.17, 15) is 4.79 Å². The second-order valence-corrected chi connectivity index (χ2v) is 5.73. The van der Waals surface area contributed by atoms with Crippen molar-refractivity contribution in [1.82, 2.24) is 5.32 Å². The first-order valence-electron chi connectivity index (χ1n) is 7.45. The summed E-state index contributed by atoms with van der Waals surface area (Å²) in [6.45, 7) is 10.0. The van der Waals surface area contributed by atoms with Crippen LogP contribution in [0.25, 0.3) is 0 Å². The maximum absolute atomic E-state index is 12.2. The van der Waals surface area contributed by atoms with Crippen LogP contribution in [0, 0.1) is 27.7 Å². The van der Waals surface area contributed by atoms with E-state index in [1.807, 2.05) is 45.9 Å². The molecule has 1 heterocycles. The number of furan rings is 1. The topological polar surface area (TPSA) is 51.5 Å². The zero-order valence-corrected chi connectivity index (χ0v) is 13.8. The molecule has 0 fully saturated rings. The second-order valence-electron chi connectivity index (χ2n) is 5.73. The summed E-state index contributed by atoms with van der Waals surface area (Å²) in [4.78, 5) is 12.2. The smallest absolute Gasteiger partial charge is 0.255 e. The molecule has 0 spiro atoms. The third kappa shape index (κ3) is 3.70. The van der Waals surface area contributed by atoms with Crippen molar-refractivity contribution in [3.05, 3.63) is 52.5 Å². The summed E-state index contributed by atoms with van der Waals surface area (Å²) >= 11 is 0. The van der Waals surface area contributed by atoms with Gasteiger partial charge in [-0.25, -0.2) is 0 Å². The lowest BCUT2D eigenvalue weighted by Crippen LogP contribution is -2.37. The Balaban J connectivity index is 1.94. The Hall–Kier alpha value is -2.23. The fourth-order valence-corrected chi connectivity index (χ4v) is 2.43. The molecule has 1 aromatic carbocycles. The molecule has 0 saturated heterocycles. The first-order chi connectivity index (χ1) is 10.4. The van der Waals surface area contributed by atoms with Gasteiger partial charge in [-0.1, -0.05) is 18.2 Å². The summed E-state index contributed by atoms with van der Waals surface area (Å²) < 4.78 is 11.2. The molecule has 2 rings (SSSR count). The molecule has 1 atom stereocenters. The molecule has 22 heavy (non-hydrogen) atoms. The van der Waals surface area contributed by atoms with E-state index in [-0.39, 0.29) is 11.9 Å². The zero-order chi connectivity index (χ0) is 16.3. The molecule has 0 aliphatic heterocycles. The molecule has 0 aliphatic carbocycles. The molecule has 1 aromatic heterocycles. The van der Waals surface area contributed by atoms with Crippen molar-refractivity contribution in [2.24, 2.45) is 0 Å². The predicted octanol–water partition coefficient (Wildman–Crippen LogP) is 3.71. The van der Waals surface area contributed by atoms with Crippen LogP contribution < -0.4 is 10.1 Å². The lowest BCUT2D eigenvalue weighted by atomic mass is 10.1. The zero-order valence-electron chi connectivity index (χ0n) is 13.8. The third-order valence-electron chi connectivity index (χ3n) is 3.55. The Morgan fingerprint density at radius 2 is 1.86 bits per heavy atom. The van der Waals surface area contributed by atoms with Crippen LogP contribution in [-0.4, -0.2) is 18.6 Å². The van der Waals surface area contributed by atoms with Gasteiger partial charge in [-0.3, -0.25) is 4.79 Å². The quantitative estimate of drug-likeness (QED) is 0.916. The van der Waals surface area contributed by atoms with E-state index < -0.39 is 0 Å². The number of amides is 1. The largest absolute Gasteiger partial charge is 0.491 e. The average Bonchev–Trinajstić information content (AvgIpc) is 2.77. The Morgan fingerprint density at radius 1 is 1.23 bits per heavy atom. The van der Waals surface area contributed by atoms with E-state index in [4.69, 9.17) is 9.15 Å². The minimum Gasteiger partial charge on any atom is -0.491 e. The summed E-state index contributed by atoms with van der Waals surface area (Å²) in [7, 11) is 0. The van der Waals surface area contributed by atoms with Gasteiger partial charge in [0.05, 0.1) is 11.6 Å². The van der Waals surface area contributed by atoms with E-state index in [0.717, 1.165) is 22.6 Å². The monoisotopic (exact) mass is 301 g/mol. The van der Waals surface area contributed by atoms with Gasteiger partial charge in [0.2, 0.25) is 0 Å². The number of ether oxygens (including phenoxy) is 1. The Labute approximate surface area is 131 Å². The second kappa shape index (κ2) is 6.69. The van der Waals surface area contributed by atoms with Crippen molar-refractivity contribution in [2.45, 2.75) is 40.7 Å². The molecule has 0 radical (unpaired) electrons. The summed E-state index contributed by atoms with van der Waals surface area (Å²) in [6.07, 6.45) is 0. The summed E-state index contributed by atoms with van der Waals surface area (Å²) in [6, 6.07) is 7.70. The number of hydrogen-bond acceptors (Lipinski definition) is 3. The predicted molar refractivity (Wildman–Crippen MR) is 86.5 cm³/mol. The number of benzene rings is 1. The average molecular weight is 301 g/mol. The molecule has 118 valence electrons. The van der Waals surface area contributed by atoms with Crippen LogP contribution in [0.2, 0.25) is 0 Å². The van der Waals surface area contributed by atoms with Gasteiger partial charge < -0.3 is 14.5 Å². The minimum atomic E-state index is -0.132. The van der Waals surface area contributed by atoms with Crippen molar-refractivity contribution >= 4 is 5.91 Å². The van der Waals surface area contributed by atoms with Crippen LogP contribution in [-0.2, 0) is 0 Å². The normalized spacial score (nSPS) is 12.0. The first kappa shape index (κ1) is 16.1. The van der Waals surface area contributed by atoms with Gasteiger partial charge in [0.1, 0.15) is 23.9 Å². The number of aryl methyl sites for hydroxylation is 4. The highest BCUT2D eigenvalue weighted by Gasteiger charge is 2.16. The Bertz CT molecular complexity index is 653. The van der Waals surface area contributed by atoms with Crippen LogP contribution in [0.15, 0.2) is 28.7 Å². The number of carbonyl (C=O) groups excluding carboxylic acids is 1. The lowest BCUT2D eigenvalue weighted by Gasteiger charge is -2.17. The molecule has 4 nitrogen and oxygen atoms in total. The Kier molecular flexibility index (Phi) is 4.91. The lowest BCUT2D eigenvalue weighted by molar-refractivity contribution is 0.0925. The highest BCUT2D eigenvalue weighted by molar-refractivity contribution is 5.95. The van der Waals surface area contributed by atoms with Crippen molar-refractivity contribution in [1.29, 1.82) is 0 Å². The molecule has 4 heteroatoms. The van der Waals surface area contributed by atoms with Gasteiger partial charge >= 0.3 is 0 Å². The van der Waals surface area contributed by atoms with Crippen LogP contribution >= 0.6 is 0 Å². The molecule has 2 aromatic rings. The maximum atomic E-state index is 12.2. The van der Waals surface area contributed by atoms with Crippen LogP contribution in [0.4, 0.5) is 0 Å². The first-order valence-corrected chi connectivity index (χ1v) is 7.45. The molecule has 0 bridgehead atoms. The van der Waals surface area contributed by atoms with E-state index in [1.165, 1.54) is 0 Å². The van der Waals surface area contributed by atoms with Crippen molar-refractivity contribution in [3.8, 4) is 5.75 Å². The minimum absolute atomic E-state index is 0.0962. The van der Waals surface area contributed by atoms with Crippen LogP contribution in [0.5, 0.6) is 5.75 Å². The van der Waals surface area contributed by atoms with Gasteiger partial charge in [0, 0.05) is 0 Å². The van der Waals surface area contributed by atoms with Crippen LogP contribution in [0.3, 0.4) is 0 Å². The third-order valence-corrected chi connectivity index (χ3v) is 3.55. The highest BCUT2D eigenvalue weighted by atomic mass is 16.5. The summed E-state index contributed by atoms with van der Waals surface area (Å²) in [5.74, 6) is 2.13. The number of hydrogen-bond donors (Lipinski definition) is 1. The van der Waals surface area contributed by atoms with Gasteiger partial charge in [0.25, 0.3) is 5.91 Å². The number of carbonyl (C=O) groups is 1. The number of para-hydroxylation sites is 1. The van der Waals surface area contributed by atoms with Crippen LogP contribution in [0.1, 0.15) is 39.9 Å². The van der Waals surface area contributed by atoms with Crippen molar-refractivity contribution in [3.63, 3.8) is 0 Å². The van der Waals surface area contributed by atoms with E-state index in [2.05, 4.69) is 5.32 Å². The van der Waals surface area contributed by atoms with Crippen molar-refractivity contribution < 1.29 is 13.9 Å². The van der Waals surface area contributed by atoms with E-state index in [0.29, 0.717) is 17.9 Å². The molecule has 0 saturated carbocycles. The number of rotatable bonds is 5. The molecule has 1 unspecified atom stereocenters. The van der Waals surface area contributed by atoms with Gasteiger partial charge in [-0.2, -0.15) is 0 Å². The standard InChI is InChI=1S/C18H23NO3/c1-11-7-6-8-12(2)17(11)21-10-13(3)19-18(20)16-9-14(4)22-15(16)5/h6-9,13H,10H2,1-5H3,(H,19,20). The SMILES string of the molecule is Cc1cc(C(=O)NC(C)COc2c(C)cccc2C)c(C)o1. The molecule has 0 aliphatic rings. The molecular formula is C18H23NO3. The fourth-order valence-electron chi connectivity index (χ4n) is 2.43. The maximum Gasteiger partial charge on any atom is 0.255 e. The number of nitrogens with one attached hydrogen (secondary N) is 1. The van der Waals surface area contributed by atoms with E-state index >= 15 is 0 Å². The molecule has 1 amide bonds. The van der Waals surface area contributed by atoms with Gasteiger partial charge in [0.15, 0.2) is 0 Å². The summed E-state index contributed by atoms with van der Waals surface area (Å²) in [5, 5.41) is 2.94. The Morgan fingerprint density at radius 3 is 2.41 bits per heavy atom. The van der Waals surface area contributed by atoms with Gasteiger partial charge in [-0.05, 0) is 51.8 Å². The molecule has 1 N–H and O–H groups in total. The van der Waals surface area contributed by atoms with Gasteiger partial charge in [-0.15, -0.1) is 0 Å². The van der Waals surface area contributed by atoms with E-state index in [1.54, 1.807) is 13.0 Å².